The molecular formula is C32H48N4O6Si. The number of hydrogen-bond acceptors (Lipinski definition) is 8. The number of benzene rings is 1. The standard InChI is InChI=1S/C32H48N4O6Si/c1-9-11-15-40-29-18-27(35-31(38)41-14-10-2)26(17-28(29)39-6)30(37)36-13-12-23(24-19-33-22-34-20-24)16-25(36)21-42-43(7,8)32(3,4)5/h10,17-20,22-23,25H,2,9,11-16,21H2,1,3-8H3,(H,35,38)/t23?,25-/m0/s1. The Labute approximate surface area is 257 Å². The number of nitrogens with zero attached hydrogens (tertiary/aromatic N) is 3. The van der Waals surface area contributed by atoms with Crippen LogP contribution in [0.3, 0.4) is 0 Å². The van der Waals surface area contributed by atoms with Crippen LogP contribution in [0.2, 0.25) is 18.1 Å². The topological polar surface area (TPSA) is 112 Å². The Morgan fingerprint density at radius 3 is 2.53 bits per heavy atom. The zero-order valence-corrected chi connectivity index (χ0v) is 27.8. The Bertz CT molecular complexity index is 1230. The fraction of sp³-hybridized carbons (Fsp3) is 0.562. The van der Waals surface area contributed by atoms with E-state index in [0.717, 1.165) is 24.8 Å². The number of methoxy groups -OCH3 is 1. The fourth-order valence-electron chi connectivity index (χ4n) is 4.70. The van der Waals surface area contributed by atoms with Crippen LogP contribution in [0.4, 0.5) is 10.5 Å². The summed E-state index contributed by atoms with van der Waals surface area (Å²) in [4.78, 5) is 37.3. The minimum atomic E-state index is -2.10. The average molecular weight is 613 g/mol. The molecule has 2 amide bonds. The van der Waals surface area contributed by atoms with Crippen molar-refractivity contribution in [3.63, 3.8) is 0 Å². The maximum atomic E-state index is 14.4. The Balaban J connectivity index is 1.99. The zero-order valence-electron chi connectivity index (χ0n) is 26.8. The summed E-state index contributed by atoms with van der Waals surface area (Å²) in [5, 5.41) is 2.76. The van der Waals surface area contributed by atoms with Crippen molar-refractivity contribution in [1.29, 1.82) is 0 Å². The molecule has 0 bridgehead atoms. The number of aromatic nitrogens is 2. The highest BCUT2D eigenvalue weighted by Crippen LogP contribution is 2.40. The van der Waals surface area contributed by atoms with Gasteiger partial charge in [0.25, 0.3) is 5.91 Å². The van der Waals surface area contributed by atoms with Gasteiger partial charge in [-0.15, -0.1) is 0 Å². The van der Waals surface area contributed by atoms with Crippen molar-refractivity contribution in [3.8, 4) is 11.5 Å². The van der Waals surface area contributed by atoms with Crippen LogP contribution in [0.15, 0.2) is 43.5 Å². The molecule has 0 spiro atoms. The molecule has 10 nitrogen and oxygen atoms in total. The predicted octanol–water partition coefficient (Wildman–Crippen LogP) is 6.81. The molecule has 1 aromatic heterocycles. The van der Waals surface area contributed by atoms with Crippen molar-refractivity contribution in [3.05, 3.63) is 54.6 Å². The number of unbranched alkanes of at least 4 members (excludes halogenated alkanes) is 1. The van der Waals surface area contributed by atoms with Gasteiger partial charge in [-0.1, -0.05) is 46.8 Å². The molecule has 236 valence electrons. The van der Waals surface area contributed by atoms with Crippen LogP contribution in [0.1, 0.15) is 75.2 Å². The molecule has 1 N–H and O–H groups in total. The first-order valence-corrected chi connectivity index (χ1v) is 17.9. The minimum absolute atomic E-state index is 0.0209. The van der Waals surface area contributed by atoms with Crippen LogP contribution < -0.4 is 14.8 Å². The lowest BCUT2D eigenvalue weighted by atomic mass is 9.86. The van der Waals surface area contributed by atoms with Crippen molar-refractivity contribution in [1.82, 2.24) is 14.9 Å². The van der Waals surface area contributed by atoms with Gasteiger partial charge in [0.15, 0.2) is 19.8 Å². The summed E-state index contributed by atoms with van der Waals surface area (Å²) >= 11 is 0. The number of amides is 2. The summed E-state index contributed by atoms with van der Waals surface area (Å²) in [5.41, 5.74) is 1.62. The van der Waals surface area contributed by atoms with E-state index in [4.69, 9.17) is 18.6 Å². The molecule has 1 fully saturated rings. The highest BCUT2D eigenvalue weighted by molar-refractivity contribution is 6.74. The van der Waals surface area contributed by atoms with E-state index >= 15 is 0 Å². The third-order valence-electron chi connectivity index (χ3n) is 8.33. The number of rotatable bonds is 13. The van der Waals surface area contributed by atoms with Gasteiger partial charge in [0.2, 0.25) is 0 Å². The van der Waals surface area contributed by atoms with Gasteiger partial charge in [-0.2, -0.15) is 0 Å². The summed E-state index contributed by atoms with van der Waals surface area (Å²) in [6.45, 7) is 18.1. The molecule has 0 aliphatic carbocycles. The summed E-state index contributed by atoms with van der Waals surface area (Å²) in [6.07, 6.45) is 9.26. The quantitative estimate of drug-likeness (QED) is 0.149. The maximum absolute atomic E-state index is 14.4. The van der Waals surface area contributed by atoms with Crippen molar-refractivity contribution < 1.29 is 28.2 Å². The third-order valence-corrected chi connectivity index (χ3v) is 12.8. The van der Waals surface area contributed by atoms with Crippen molar-refractivity contribution in [2.24, 2.45) is 0 Å². The first-order chi connectivity index (χ1) is 20.4. The Morgan fingerprint density at radius 2 is 1.91 bits per heavy atom. The number of likely N-dealkylation sites (tertiary alicyclic amines) is 1. The molecule has 1 aliphatic heterocycles. The monoisotopic (exact) mass is 612 g/mol. The Kier molecular flexibility index (Phi) is 12.1. The molecule has 0 radical (unpaired) electrons. The number of carbonyl (C=O) groups excluding carboxylic acids is 2. The van der Waals surface area contributed by atoms with E-state index in [1.54, 1.807) is 12.1 Å². The zero-order chi connectivity index (χ0) is 31.6. The largest absolute Gasteiger partial charge is 0.493 e. The number of ether oxygens (including phenoxy) is 3. The molecule has 11 heteroatoms. The predicted molar refractivity (Wildman–Crippen MR) is 171 cm³/mol. The van der Waals surface area contributed by atoms with E-state index in [1.807, 2.05) is 17.3 Å². The van der Waals surface area contributed by atoms with Gasteiger partial charge >= 0.3 is 6.09 Å². The lowest BCUT2D eigenvalue weighted by Gasteiger charge is -2.43. The van der Waals surface area contributed by atoms with E-state index in [9.17, 15) is 9.59 Å². The van der Waals surface area contributed by atoms with Crippen LogP contribution in [-0.4, -0.2) is 74.7 Å². The Hall–Kier alpha value is -3.44. The second kappa shape index (κ2) is 15.3. The normalized spacial score (nSPS) is 17.2. The van der Waals surface area contributed by atoms with E-state index in [1.165, 1.54) is 19.5 Å². The summed E-state index contributed by atoms with van der Waals surface area (Å²) in [5.74, 6) is 0.805. The maximum Gasteiger partial charge on any atom is 0.411 e. The molecule has 2 aromatic rings. The first-order valence-electron chi connectivity index (χ1n) is 15.0. The summed E-state index contributed by atoms with van der Waals surface area (Å²) < 4.78 is 23.4. The van der Waals surface area contributed by atoms with Gasteiger partial charge in [-0.3, -0.25) is 10.1 Å². The lowest BCUT2D eigenvalue weighted by Crippen LogP contribution is -2.51. The SMILES string of the molecule is C=CCOC(=O)Nc1cc(OCCCC)c(OC)cc1C(=O)N1CCC(c2cncnc2)C[C@H]1CO[Si](C)(C)C(C)(C)C. The van der Waals surface area contributed by atoms with E-state index < -0.39 is 14.4 Å². The lowest BCUT2D eigenvalue weighted by molar-refractivity contribution is 0.0485. The smallest absolute Gasteiger partial charge is 0.411 e. The number of hydrogen-bond donors (Lipinski definition) is 1. The van der Waals surface area contributed by atoms with Gasteiger partial charge in [-0.05, 0) is 54.9 Å². The molecule has 1 unspecified atom stereocenters. The van der Waals surface area contributed by atoms with Crippen LogP contribution >= 0.6 is 0 Å². The molecule has 0 saturated carbocycles. The van der Waals surface area contributed by atoms with Crippen LogP contribution in [0.25, 0.3) is 0 Å². The van der Waals surface area contributed by atoms with Gasteiger partial charge in [0, 0.05) is 25.0 Å². The molecule has 1 saturated heterocycles. The summed E-state index contributed by atoms with van der Waals surface area (Å²) in [6, 6.07) is 3.06. The number of anilines is 1. The van der Waals surface area contributed by atoms with Crippen LogP contribution in [-0.2, 0) is 9.16 Å². The number of piperidine rings is 1. The van der Waals surface area contributed by atoms with Gasteiger partial charge in [0.05, 0.1) is 37.6 Å². The third kappa shape index (κ3) is 9.03. The van der Waals surface area contributed by atoms with Crippen molar-refractivity contribution >= 4 is 26.0 Å². The van der Waals surface area contributed by atoms with E-state index in [2.05, 4.69) is 62.7 Å². The first kappa shape index (κ1) is 34.1. The molecular weight excluding hydrogens is 564 g/mol. The number of carbonyl (C=O) groups is 2. The summed E-state index contributed by atoms with van der Waals surface area (Å²) in [7, 11) is -0.566. The highest BCUT2D eigenvalue weighted by Gasteiger charge is 2.40. The average Bonchev–Trinajstić information content (AvgIpc) is 2.98. The van der Waals surface area contributed by atoms with Gasteiger partial charge < -0.3 is 23.5 Å². The highest BCUT2D eigenvalue weighted by atomic mass is 28.4. The molecule has 1 aliphatic rings. The van der Waals surface area contributed by atoms with E-state index in [-0.39, 0.29) is 40.8 Å². The van der Waals surface area contributed by atoms with E-state index in [0.29, 0.717) is 37.7 Å². The van der Waals surface area contributed by atoms with Crippen LogP contribution in [0, 0.1) is 0 Å². The van der Waals surface area contributed by atoms with Crippen LogP contribution in [0.5, 0.6) is 11.5 Å². The van der Waals surface area contributed by atoms with Crippen molar-refractivity contribution in [2.45, 2.75) is 83.5 Å². The second-order valence-electron chi connectivity index (χ2n) is 12.4. The molecule has 3 rings (SSSR count). The molecule has 43 heavy (non-hydrogen) atoms. The Morgan fingerprint density at radius 1 is 1.19 bits per heavy atom. The number of nitrogens with one attached hydrogen (secondary N) is 1. The second-order valence-corrected chi connectivity index (χ2v) is 17.2. The minimum Gasteiger partial charge on any atom is -0.493 e. The molecule has 1 aromatic carbocycles. The fourth-order valence-corrected chi connectivity index (χ4v) is 5.74. The molecule has 2 atom stereocenters. The van der Waals surface area contributed by atoms with Gasteiger partial charge in [0.1, 0.15) is 12.9 Å². The van der Waals surface area contributed by atoms with Crippen molar-refractivity contribution in [2.75, 3.05) is 38.8 Å². The molecule has 2 heterocycles. The van der Waals surface area contributed by atoms with Gasteiger partial charge in [-0.25, -0.2) is 14.8 Å².